The summed E-state index contributed by atoms with van der Waals surface area (Å²) in [4.78, 5) is 42.5. The monoisotopic (exact) mass is 927 g/mol. The summed E-state index contributed by atoms with van der Waals surface area (Å²) in [6.45, 7) is 6.56. The summed E-state index contributed by atoms with van der Waals surface area (Å²) in [7, 11) is 0. The van der Waals surface area contributed by atoms with Crippen molar-refractivity contribution in [1.29, 1.82) is 0 Å². The Morgan fingerprint density at radius 2 is 1.69 bits per heavy atom. The van der Waals surface area contributed by atoms with Crippen molar-refractivity contribution in [3.05, 3.63) is 11.9 Å². The Labute approximate surface area is 380 Å². The molecule has 1 aromatic rings. The molecule has 2 saturated carbocycles. The maximum absolute atomic E-state index is 13.9. The summed E-state index contributed by atoms with van der Waals surface area (Å²) < 4.78 is 39.4. The smallest absolute Gasteiger partial charge is 0.251 e. The first-order chi connectivity index (χ1) is 31.3. The van der Waals surface area contributed by atoms with Crippen molar-refractivity contribution in [2.75, 3.05) is 46.1 Å². The van der Waals surface area contributed by atoms with Crippen molar-refractivity contribution in [3.63, 3.8) is 0 Å². The van der Waals surface area contributed by atoms with Gasteiger partial charge in [-0.15, -0.1) is 5.10 Å². The number of hydrogen-bond acceptors (Lipinski definition) is 17. The lowest BCUT2D eigenvalue weighted by Crippen LogP contribution is -2.67. The van der Waals surface area contributed by atoms with Gasteiger partial charge in [0.25, 0.3) is 5.91 Å². The molecule has 9 unspecified atom stereocenters. The molecule has 2 aliphatic carbocycles. The van der Waals surface area contributed by atoms with E-state index in [1.807, 2.05) is 6.92 Å². The van der Waals surface area contributed by atoms with E-state index in [1.165, 1.54) is 6.92 Å². The fraction of sp³-hybridized carbons (Fsp3) is 0.886. The molecular weight excluding hydrogens is 853 g/mol. The van der Waals surface area contributed by atoms with E-state index in [0.717, 1.165) is 44.2 Å². The van der Waals surface area contributed by atoms with Crippen LogP contribution >= 0.6 is 0 Å². The number of amides is 3. The highest BCUT2D eigenvalue weighted by molar-refractivity contribution is 5.81. The molecule has 21 nitrogen and oxygen atoms in total. The summed E-state index contributed by atoms with van der Waals surface area (Å²) >= 11 is 0. The number of nitrogens with zero attached hydrogens (tertiary/aromatic N) is 4. The molecule has 0 radical (unpaired) electrons. The quantitative estimate of drug-likeness (QED) is 0.0642. The van der Waals surface area contributed by atoms with Gasteiger partial charge in [0.15, 0.2) is 12.6 Å². The lowest BCUT2D eigenvalue weighted by Gasteiger charge is -2.49. The van der Waals surface area contributed by atoms with E-state index >= 15 is 0 Å². The maximum Gasteiger partial charge on any atom is 0.251 e. The van der Waals surface area contributed by atoms with Gasteiger partial charge < -0.3 is 74.6 Å². The van der Waals surface area contributed by atoms with Gasteiger partial charge in [0.05, 0.1) is 50.4 Å². The van der Waals surface area contributed by atoms with Crippen LogP contribution in [0.4, 0.5) is 0 Å². The van der Waals surface area contributed by atoms with E-state index in [1.54, 1.807) is 22.7 Å². The third-order valence-electron chi connectivity index (χ3n) is 13.7. The first-order valence-electron chi connectivity index (χ1n) is 23.8. The van der Waals surface area contributed by atoms with Crippen LogP contribution in [-0.2, 0) is 55.8 Å². The predicted molar refractivity (Wildman–Crippen MR) is 228 cm³/mol. The molecule has 6 rings (SSSR count). The van der Waals surface area contributed by atoms with Crippen molar-refractivity contribution < 1.29 is 73.4 Å². The van der Waals surface area contributed by atoms with Crippen LogP contribution in [0.1, 0.15) is 97.1 Å². The predicted octanol–water partition coefficient (Wildman–Crippen LogP) is -1.09. The summed E-state index contributed by atoms with van der Waals surface area (Å²) in [6.07, 6.45) is -4.81. The number of likely N-dealkylation sites (tertiary alicyclic amines) is 1. The minimum atomic E-state index is -1.63. The second-order valence-electron chi connectivity index (χ2n) is 18.4. The number of carbonyl (C=O) groups excluding carboxylic acids is 3. The number of aliphatic hydroxyl groups excluding tert-OH is 6. The van der Waals surface area contributed by atoms with Crippen LogP contribution < -0.4 is 10.6 Å². The van der Waals surface area contributed by atoms with E-state index < -0.39 is 98.1 Å². The van der Waals surface area contributed by atoms with Gasteiger partial charge in [-0.1, -0.05) is 50.7 Å². The van der Waals surface area contributed by atoms with E-state index in [4.69, 9.17) is 33.5 Å². The van der Waals surface area contributed by atoms with Gasteiger partial charge in [0.2, 0.25) is 11.8 Å². The van der Waals surface area contributed by atoms with E-state index in [9.17, 15) is 39.9 Å². The third-order valence-corrected chi connectivity index (χ3v) is 13.7. The summed E-state index contributed by atoms with van der Waals surface area (Å²) in [5, 5.41) is 77.5. The number of aryl methyl sites for hydroxylation is 1. The number of carbonyl (C=O) groups is 3. The van der Waals surface area contributed by atoms with Gasteiger partial charge in [-0.3, -0.25) is 14.4 Å². The molecule has 3 aliphatic heterocycles. The fourth-order valence-electron chi connectivity index (χ4n) is 9.79. The Morgan fingerprint density at radius 3 is 2.37 bits per heavy atom. The number of aliphatic hydroxyl groups is 6. The SMILES string of the molecule is CCC1CC(C(=O)NCCOCCn2cc(CCCO)nn2)C[C@@H](O[C@@H]2OC(CO)[C@H](O)C(O[C@@H](CC3CCCCC3)C(=O)N3CCC3)C2NC(C)=O)C1O[C@@H]1OC(C)[C@@H](O)C(O)C1O. The Balaban J connectivity index is 1.20. The molecule has 15 atom stereocenters. The normalized spacial score (nSPS) is 35.0. The highest BCUT2D eigenvalue weighted by Gasteiger charge is 2.53. The molecule has 8 N–H and O–H groups in total. The first-order valence-corrected chi connectivity index (χ1v) is 23.8. The molecule has 3 amide bonds. The van der Waals surface area contributed by atoms with Crippen molar-refractivity contribution in [2.45, 2.75) is 184 Å². The van der Waals surface area contributed by atoms with Gasteiger partial charge >= 0.3 is 0 Å². The standard InChI is InChI=1S/C44H74N6O15/c1-4-28-21-29(41(58)45-13-18-60-19-16-50-23-30(47-48-50)12-8-17-51)22-31(39(28)65-44-38(57)37(56)35(54)25(2)61-44)63-43-34(46-26(3)53)40(36(55)33(24-52)64-43)62-32(42(59)49-14-9-15-49)20-27-10-6-5-7-11-27/h23,25,27-29,31-40,43-44,51-52,54-57H,4-22,24H2,1-3H3,(H,45,58)(H,46,53)/t25?,28?,29?,31-,32+,33?,34?,35-,36+,37?,38?,39?,40?,43-,44+/m1/s1. The maximum atomic E-state index is 13.9. The largest absolute Gasteiger partial charge is 0.396 e. The van der Waals surface area contributed by atoms with Gasteiger partial charge in [0.1, 0.15) is 48.8 Å². The van der Waals surface area contributed by atoms with Crippen LogP contribution in [0.25, 0.3) is 0 Å². The zero-order chi connectivity index (χ0) is 46.6. The number of rotatable bonds is 22. The van der Waals surface area contributed by atoms with Gasteiger partial charge in [-0.2, -0.15) is 0 Å². The van der Waals surface area contributed by atoms with Gasteiger partial charge in [-0.05, 0) is 57.3 Å². The van der Waals surface area contributed by atoms with Crippen LogP contribution in [0.3, 0.4) is 0 Å². The Morgan fingerprint density at radius 1 is 0.923 bits per heavy atom. The zero-order valence-corrected chi connectivity index (χ0v) is 38.1. The number of aromatic nitrogens is 3. The van der Waals surface area contributed by atoms with Gasteiger partial charge in [-0.25, -0.2) is 4.68 Å². The lowest BCUT2D eigenvalue weighted by atomic mass is 9.75. The van der Waals surface area contributed by atoms with Crippen LogP contribution in [-0.4, -0.2) is 194 Å². The Bertz CT molecular complexity index is 1630. The molecule has 0 spiro atoms. The highest BCUT2D eigenvalue weighted by Crippen LogP contribution is 2.40. The highest BCUT2D eigenvalue weighted by atomic mass is 16.7. The second kappa shape index (κ2) is 24.9. The van der Waals surface area contributed by atoms with Gasteiger partial charge in [0, 0.05) is 45.3 Å². The molecule has 4 heterocycles. The number of ether oxygens (including phenoxy) is 6. The molecule has 370 valence electrons. The molecule has 0 bridgehead atoms. The molecule has 3 saturated heterocycles. The summed E-state index contributed by atoms with van der Waals surface area (Å²) in [5.41, 5.74) is 0.778. The molecule has 5 fully saturated rings. The third kappa shape index (κ3) is 13.6. The van der Waals surface area contributed by atoms with E-state index in [-0.39, 0.29) is 49.8 Å². The van der Waals surface area contributed by atoms with Crippen molar-refractivity contribution in [2.24, 2.45) is 17.8 Å². The minimum Gasteiger partial charge on any atom is -0.396 e. The fourth-order valence-corrected chi connectivity index (χ4v) is 9.79. The summed E-state index contributed by atoms with van der Waals surface area (Å²) in [6, 6.07) is -1.20. The topological polar surface area (TPSA) is 286 Å². The molecule has 1 aromatic heterocycles. The molecular formula is C44H74N6O15. The van der Waals surface area contributed by atoms with Crippen LogP contribution in [0.15, 0.2) is 6.20 Å². The number of nitrogens with one attached hydrogen (secondary N) is 2. The van der Waals surface area contributed by atoms with Crippen LogP contribution in [0.5, 0.6) is 0 Å². The van der Waals surface area contributed by atoms with E-state index in [0.29, 0.717) is 58.3 Å². The Hall–Kier alpha value is -2.93. The zero-order valence-electron chi connectivity index (χ0n) is 38.1. The average molecular weight is 927 g/mol. The first kappa shape index (κ1) is 51.5. The number of hydrogen-bond donors (Lipinski definition) is 8. The van der Waals surface area contributed by atoms with Crippen molar-refractivity contribution in [3.8, 4) is 0 Å². The van der Waals surface area contributed by atoms with Crippen LogP contribution in [0, 0.1) is 17.8 Å². The Kier molecular flexibility index (Phi) is 19.7. The molecule has 21 heteroatoms. The lowest BCUT2D eigenvalue weighted by molar-refractivity contribution is -0.338. The molecule has 65 heavy (non-hydrogen) atoms. The molecule has 0 aromatic carbocycles. The van der Waals surface area contributed by atoms with Crippen LogP contribution in [0.2, 0.25) is 0 Å². The van der Waals surface area contributed by atoms with E-state index in [2.05, 4.69) is 20.9 Å². The average Bonchev–Trinajstić information content (AvgIpc) is 3.74. The van der Waals surface area contributed by atoms with Crippen molar-refractivity contribution in [1.82, 2.24) is 30.5 Å². The summed E-state index contributed by atoms with van der Waals surface area (Å²) in [5.74, 6) is -1.74. The van der Waals surface area contributed by atoms with Crippen molar-refractivity contribution >= 4 is 17.7 Å². The minimum absolute atomic E-state index is 0.0601. The molecule has 5 aliphatic rings. The second-order valence-corrected chi connectivity index (χ2v) is 18.4.